The molecule has 1 N–H and O–H groups in total. The van der Waals surface area contributed by atoms with Gasteiger partial charge in [-0.05, 0) is 50.3 Å². The molecule has 1 aromatic rings. The molecule has 1 spiro atoms. The normalized spacial score (nSPS) is 27.4. The van der Waals surface area contributed by atoms with Crippen molar-refractivity contribution in [1.29, 1.82) is 0 Å². The first-order valence-electron chi connectivity index (χ1n) is 7.42. The Kier molecular flexibility index (Phi) is 2.63. The van der Waals surface area contributed by atoms with Crippen molar-refractivity contribution in [3.63, 3.8) is 0 Å². The molecule has 0 aromatic heterocycles. The van der Waals surface area contributed by atoms with Gasteiger partial charge in [-0.1, -0.05) is 24.4 Å². The second-order valence-corrected chi connectivity index (χ2v) is 6.63. The van der Waals surface area contributed by atoms with Crippen molar-refractivity contribution in [3.8, 4) is 0 Å². The van der Waals surface area contributed by atoms with Crippen LogP contribution in [0.4, 0.5) is 11.4 Å². The van der Waals surface area contributed by atoms with E-state index in [0.717, 1.165) is 10.7 Å². The molecule has 1 aromatic carbocycles. The molecule has 3 heteroatoms. The zero-order valence-electron chi connectivity index (χ0n) is 11.1. The Morgan fingerprint density at radius 3 is 2.89 bits per heavy atom. The fourth-order valence-electron chi connectivity index (χ4n) is 4.25. The van der Waals surface area contributed by atoms with E-state index in [2.05, 4.69) is 11.4 Å². The number of benzene rings is 1. The number of fused-ring (bicyclic) bond motifs is 3. The number of hydrogen-bond donors (Lipinski definition) is 1. The Hall–Kier alpha value is -1.02. The Labute approximate surface area is 119 Å². The minimum atomic E-state index is 0.272. The molecular formula is C16H19ClN2. The van der Waals surface area contributed by atoms with Crippen LogP contribution >= 0.6 is 11.6 Å². The number of hydrogen-bond acceptors (Lipinski definition) is 2. The van der Waals surface area contributed by atoms with Crippen LogP contribution in [0.3, 0.4) is 0 Å². The van der Waals surface area contributed by atoms with Crippen molar-refractivity contribution in [2.45, 2.75) is 50.5 Å². The van der Waals surface area contributed by atoms with Gasteiger partial charge in [0.05, 0.1) is 11.4 Å². The Bertz CT molecular complexity index is 544. The van der Waals surface area contributed by atoms with Gasteiger partial charge >= 0.3 is 0 Å². The zero-order chi connectivity index (χ0) is 12.9. The van der Waals surface area contributed by atoms with Crippen molar-refractivity contribution in [1.82, 2.24) is 0 Å². The van der Waals surface area contributed by atoms with Crippen LogP contribution in [0.1, 0.15) is 44.9 Å². The molecule has 100 valence electrons. The van der Waals surface area contributed by atoms with Crippen molar-refractivity contribution < 1.29 is 0 Å². The maximum absolute atomic E-state index is 6.13. The molecule has 1 aliphatic heterocycles. The Morgan fingerprint density at radius 2 is 2.05 bits per heavy atom. The lowest BCUT2D eigenvalue weighted by Crippen LogP contribution is -2.44. The second-order valence-electron chi connectivity index (χ2n) is 6.20. The molecule has 2 saturated carbocycles. The van der Waals surface area contributed by atoms with E-state index in [0.29, 0.717) is 5.92 Å². The van der Waals surface area contributed by atoms with Gasteiger partial charge in [0, 0.05) is 22.2 Å². The summed E-state index contributed by atoms with van der Waals surface area (Å²) in [7, 11) is 0. The first-order valence-corrected chi connectivity index (χ1v) is 7.80. The van der Waals surface area contributed by atoms with Gasteiger partial charge < -0.3 is 5.32 Å². The van der Waals surface area contributed by atoms with E-state index in [1.54, 1.807) is 0 Å². The molecule has 1 heterocycles. The van der Waals surface area contributed by atoms with Gasteiger partial charge in [-0.2, -0.15) is 0 Å². The molecule has 0 bridgehead atoms. The highest BCUT2D eigenvalue weighted by Gasteiger charge is 2.46. The molecule has 4 rings (SSSR count). The van der Waals surface area contributed by atoms with E-state index < -0.39 is 0 Å². The third kappa shape index (κ3) is 1.80. The van der Waals surface area contributed by atoms with Gasteiger partial charge in [-0.25, -0.2) is 0 Å². The van der Waals surface area contributed by atoms with Gasteiger partial charge in [0.2, 0.25) is 0 Å². The van der Waals surface area contributed by atoms with Crippen molar-refractivity contribution in [2.24, 2.45) is 10.9 Å². The third-order valence-corrected chi connectivity index (χ3v) is 5.33. The lowest BCUT2D eigenvalue weighted by Gasteiger charge is -2.36. The lowest BCUT2D eigenvalue weighted by molar-refractivity contribution is 0.378. The first-order chi connectivity index (χ1) is 9.27. The summed E-state index contributed by atoms with van der Waals surface area (Å²) in [4.78, 5) is 4.95. The van der Waals surface area contributed by atoms with E-state index in [-0.39, 0.29) is 5.54 Å². The maximum atomic E-state index is 6.13. The third-order valence-electron chi connectivity index (χ3n) is 5.10. The minimum absolute atomic E-state index is 0.272. The van der Waals surface area contributed by atoms with E-state index in [1.807, 2.05) is 12.1 Å². The molecule has 2 aliphatic carbocycles. The molecule has 2 fully saturated rings. The van der Waals surface area contributed by atoms with E-state index in [1.165, 1.54) is 56.3 Å². The summed E-state index contributed by atoms with van der Waals surface area (Å²) in [6.45, 7) is 0. The number of aliphatic imine (C=N–C) groups is 1. The Morgan fingerprint density at radius 1 is 1.21 bits per heavy atom. The van der Waals surface area contributed by atoms with Crippen molar-refractivity contribution >= 4 is 28.7 Å². The number of halogens is 1. The predicted molar refractivity (Wildman–Crippen MR) is 80.7 cm³/mol. The lowest BCUT2D eigenvalue weighted by atomic mass is 9.80. The first kappa shape index (κ1) is 11.8. The SMILES string of the molecule is Clc1ccc2c(c1)N=C1CCCC1C1(CCCC1)N2. The summed E-state index contributed by atoms with van der Waals surface area (Å²) >= 11 is 6.13. The van der Waals surface area contributed by atoms with E-state index >= 15 is 0 Å². The van der Waals surface area contributed by atoms with Crippen LogP contribution in [0.2, 0.25) is 5.02 Å². The fraction of sp³-hybridized carbons (Fsp3) is 0.562. The standard InChI is InChI=1S/C16H19ClN2/c17-11-6-7-14-15(10-11)18-13-5-3-4-12(13)16(19-14)8-1-2-9-16/h6-7,10,12,19H,1-5,8-9H2. The van der Waals surface area contributed by atoms with Crippen molar-refractivity contribution in [2.75, 3.05) is 5.32 Å². The van der Waals surface area contributed by atoms with Crippen LogP contribution in [-0.4, -0.2) is 11.3 Å². The largest absolute Gasteiger partial charge is 0.377 e. The predicted octanol–water partition coefficient (Wildman–Crippen LogP) is 4.95. The van der Waals surface area contributed by atoms with Crippen LogP contribution in [0.5, 0.6) is 0 Å². The average molecular weight is 275 g/mol. The molecular weight excluding hydrogens is 256 g/mol. The van der Waals surface area contributed by atoms with Crippen LogP contribution < -0.4 is 5.32 Å². The fourth-order valence-corrected chi connectivity index (χ4v) is 4.42. The summed E-state index contributed by atoms with van der Waals surface area (Å²) in [5.74, 6) is 0.640. The molecule has 0 amide bonds. The molecule has 1 atom stereocenters. The quantitative estimate of drug-likeness (QED) is 0.711. The summed E-state index contributed by atoms with van der Waals surface area (Å²) < 4.78 is 0. The summed E-state index contributed by atoms with van der Waals surface area (Å²) in [6.07, 6.45) is 9.04. The number of nitrogens with one attached hydrogen (secondary N) is 1. The van der Waals surface area contributed by atoms with Gasteiger partial charge in [0.25, 0.3) is 0 Å². The number of nitrogens with zero attached hydrogens (tertiary/aromatic N) is 1. The summed E-state index contributed by atoms with van der Waals surface area (Å²) in [5, 5.41) is 4.64. The summed E-state index contributed by atoms with van der Waals surface area (Å²) in [5.41, 5.74) is 3.90. The monoisotopic (exact) mass is 274 g/mol. The highest BCUT2D eigenvalue weighted by atomic mass is 35.5. The van der Waals surface area contributed by atoms with Gasteiger partial charge in [-0.15, -0.1) is 0 Å². The highest BCUT2D eigenvalue weighted by Crippen LogP contribution is 2.48. The molecule has 3 aliphatic rings. The molecule has 2 nitrogen and oxygen atoms in total. The average Bonchev–Trinajstić information content (AvgIpc) is 3.00. The Balaban J connectivity index is 1.86. The van der Waals surface area contributed by atoms with Crippen molar-refractivity contribution in [3.05, 3.63) is 23.2 Å². The topological polar surface area (TPSA) is 24.4 Å². The minimum Gasteiger partial charge on any atom is -0.377 e. The summed E-state index contributed by atoms with van der Waals surface area (Å²) in [6, 6.07) is 6.07. The molecule has 19 heavy (non-hydrogen) atoms. The van der Waals surface area contributed by atoms with Gasteiger partial charge in [0.15, 0.2) is 0 Å². The highest BCUT2D eigenvalue weighted by molar-refractivity contribution is 6.31. The molecule has 0 saturated heterocycles. The zero-order valence-corrected chi connectivity index (χ0v) is 11.8. The smallest absolute Gasteiger partial charge is 0.0875 e. The van der Waals surface area contributed by atoms with Gasteiger partial charge in [0.1, 0.15) is 0 Å². The van der Waals surface area contributed by atoms with Crippen LogP contribution in [0.25, 0.3) is 0 Å². The number of anilines is 1. The van der Waals surface area contributed by atoms with Crippen LogP contribution in [0, 0.1) is 5.92 Å². The van der Waals surface area contributed by atoms with Crippen LogP contribution in [-0.2, 0) is 0 Å². The molecule has 0 radical (unpaired) electrons. The van der Waals surface area contributed by atoms with E-state index in [9.17, 15) is 0 Å². The van der Waals surface area contributed by atoms with E-state index in [4.69, 9.17) is 16.6 Å². The maximum Gasteiger partial charge on any atom is 0.0875 e. The van der Waals surface area contributed by atoms with Gasteiger partial charge in [-0.3, -0.25) is 4.99 Å². The molecule has 1 unspecified atom stereocenters. The number of rotatable bonds is 0. The van der Waals surface area contributed by atoms with Crippen LogP contribution in [0.15, 0.2) is 23.2 Å². The second kappa shape index (κ2) is 4.24.